The zero-order valence-electron chi connectivity index (χ0n) is 15.6. The van der Waals surface area contributed by atoms with Crippen LogP contribution in [0.4, 0.5) is 0 Å². The Kier molecular flexibility index (Phi) is 5.11. The number of Topliss-reactive ketones (excluding diaryl/α,β-unsaturated/α-hetero) is 1. The van der Waals surface area contributed by atoms with Crippen molar-refractivity contribution in [3.63, 3.8) is 0 Å². The molecule has 0 aliphatic carbocycles. The molecule has 0 fully saturated rings. The van der Waals surface area contributed by atoms with Gasteiger partial charge in [0.1, 0.15) is 6.42 Å². The molecular weight excluding hydrogens is 362 g/mol. The highest BCUT2D eigenvalue weighted by atomic mass is 35.5. The van der Waals surface area contributed by atoms with Gasteiger partial charge >= 0.3 is 5.97 Å². The van der Waals surface area contributed by atoms with Gasteiger partial charge in [0.15, 0.2) is 5.78 Å². The Morgan fingerprint density at radius 3 is 2.30 bits per heavy atom. The highest BCUT2D eigenvalue weighted by Crippen LogP contribution is 2.27. The SMILES string of the molecule is CC(C)(C)c1ccc(Cn2c(C(=O)CC(=O)O)cc3cc(Cl)ccc32)cc1. The summed E-state index contributed by atoms with van der Waals surface area (Å²) >= 11 is 6.08. The monoisotopic (exact) mass is 383 g/mol. The topological polar surface area (TPSA) is 59.3 Å². The standard InChI is InChI=1S/C22H22ClNO3/c1-22(2,3)16-6-4-14(5-7-16)13-24-18-9-8-17(23)10-15(18)11-19(24)20(25)12-21(26)27/h4-11H,12-13H2,1-3H3,(H,26,27). The quantitative estimate of drug-likeness (QED) is 0.480. The molecule has 2 aromatic carbocycles. The molecule has 0 amide bonds. The molecule has 3 rings (SSSR count). The Balaban J connectivity index is 2.03. The smallest absolute Gasteiger partial charge is 0.311 e. The number of hydrogen-bond acceptors (Lipinski definition) is 2. The number of carboxylic acids is 1. The molecule has 0 spiro atoms. The molecule has 0 bridgehead atoms. The number of nitrogens with zero attached hydrogens (tertiary/aromatic N) is 1. The Labute approximate surface area is 163 Å². The van der Waals surface area contributed by atoms with Gasteiger partial charge in [0.25, 0.3) is 0 Å². The zero-order chi connectivity index (χ0) is 19.8. The number of halogens is 1. The molecular formula is C22H22ClNO3. The minimum atomic E-state index is -1.13. The number of hydrogen-bond donors (Lipinski definition) is 1. The Morgan fingerprint density at radius 2 is 1.70 bits per heavy atom. The molecule has 1 N–H and O–H groups in total. The fourth-order valence-electron chi connectivity index (χ4n) is 3.16. The summed E-state index contributed by atoms with van der Waals surface area (Å²) in [6.45, 7) is 6.96. The van der Waals surface area contributed by atoms with Gasteiger partial charge in [-0.15, -0.1) is 0 Å². The van der Waals surface area contributed by atoms with Crippen LogP contribution in [0.5, 0.6) is 0 Å². The first-order valence-electron chi connectivity index (χ1n) is 8.78. The fourth-order valence-corrected chi connectivity index (χ4v) is 3.34. The van der Waals surface area contributed by atoms with E-state index in [2.05, 4.69) is 32.9 Å². The van der Waals surface area contributed by atoms with Crippen LogP contribution in [-0.4, -0.2) is 21.4 Å². The van der Waals surface area contributed by atoms with E-state index in [-0.39, 0.29) is 5.41 Å². The molecule has 0 saturated heterocycles. The third-order valence-corrected chi connectivity index (χ3v) is 4.86. The van der Waals surface area contributed by atoms with Gasteiger partial charge in [-0.1, -0.05) is 56.6 Å². The maximum Gasteiger partial charge on any atom is 0.311 e. The lowest BCUT2D eigenvalue weighted by molar-refractivity contribution is -0.135. The number of fused-ring (bicyclic) bond motifs is 1. The number of carbonyl (C=O) groups excluding carboxylic acids is 1. The molecule has 27 heavy (non-hydrogen) atoms. The number of rotatable bonds is 5. The molecule has 3 aromatic rings. The van der Waals surface area contributed by atoms with Crippen molar-refractivity contribution in [1.82, 2.24) is 4.57 Å². The van der Waals surface area contributed by atoms with E-state index in [1.807, 2.05) is 22.8 Å². The Bertz CT molecular complexity index is 1010. The highest BCUT2D eigenvalue weighted by Gasteiger charge is 2.19. The molecule has 0 unspecified atom stereocenters. The Morgan fingerprint density at radius 1 is 1.04 bits per heavy atom. The molecule has 5 heteroatoms. The summed E-state index contributed by atoms with van der Waals surface area (Å²) in [5.41, 5.74) is 3.58. The van der Waals surface area contributed by atoms with Crippen LogP contribution in [0.15, 0.2) is 48.5 Å². The van der Waals surface area contributed by atoms with E-state index in [1.165, 1.54) is 5.56 Å². The average Bonchev–Trinajstić information content (AvgIpc) is 2.91. The van der Waals surface area contributed by atoms with Crippen molar-refractivity contribution in [3.8, 4) is 0 Å². The number of benzene rings is 2. The molecule has 1 aromatic heterocycles. The number of aliphatic carboxylic acids is 1. The van der Waals surface area contributed by atoms with Gasteiger partial charge in [-0.05, 0) is 40.8 Å². The van der Waals surface area contributed by atoms with Crippen LogP contribution in [0.2, 0.25) is 5.02 Å². The lowest BCUT2D eigenvalue weighted by atomic mass is 9.87. The van der Waals surface area contributed by atoms with Gasteiger partial charge in [-0.25, -0.2) is 0 Å². The highest BCUT2D eigenvalue weighted by molar-refractivity contribution is 6.31. The van der Waals surface area contributed by atoms with Crippen LogP contribution >= 0.6 is 11.6 Å². The largest absolute Gasteiger partial charge is 0.481 e. The van der Waals surface area contributed by atoms with Crippen LogP contribution in [-0.2, 0) is 16.8 Å². The van der Waals surface area contributed by atoms with Crippen molar-refractivity contribution in [3.05, 3.63) is 70.4 Å². The van der Waals surface area contributed by atoms with Crippen LogP contribution in [0, 0.1) is 0 Å². The normalized spacial score (nSPS) is 11.7. The second kappa shape index (κ2) is 7.20. The van der Waals surface area contributed by atoms with Gasteiger partial charge in [0.05, 0.1) is 5.69 Å². The molecule has 0 radical (unpaired) electrons. The van der Waals surface area contributed by atoms with Crippen LogP contribution in [0.3, 0.4) is 0 Å². The van der Waals surface area contributed by atoms with Crippen LogP contribution < -0.4 is 0 Å². The zero-order valence-corrected chi connectivity index (χ0v) is 16.4. The summed E-state index contributed by atoms with van der Waals surface area (Å²) in [5.74, 6) is -1.55. The summed E-state index contributed by atoms with van der Waals surface area (Å²) in [5, 5.41) is 10.4. The van der Waals surface area contributed by atoms with Crippen LogP contribution in [0.1, 0.15) is 48.8 Å². The van der Waals surface area contributed by atoms with E-state index >= 15 is 0 Å². The maximum atomic E-state index is 12.5. The second-order valence-corrected chi connectivity index (χ2v) is 8.20. The van der Waals surface area contributed by atoms with Gasteiger partial charge in [-0.2, -0.15) is 0 Å². The first kappa shape index (κ1) is 19.2. The fraction of sp³-hybridized carbons (Fsp3) is 0.273. The minimum Gasteiger partial charge on any atom is -0.481 e. The van der Waals surface area contributed by atoms with Gasteiger partial charge in [0, 0.05) is 22.5 Å². The first-order valence-corrected chi connectivity index (χ1v) is 9.16. The van der Waals surface area contributed by atoms with E-state index in [0.29, 0.717) is 17.3 Å². The third kappa shape index (κ3) is 4.22. The van der Waals surface area contributed by atoms with Crippen molar-refractivity contribution < 1.29 is 14.7 Å². The molecule has 0 saturated carbocycles. The number of aromatic nitrogens is 1. The summed E-state index contributed by atoms with van der Waals surface area (Å²) in [4.78, 5) is 23.5. The first-order chi connectivity index (χ1) is 12.6. The van der Waals surface area contributed by atoms with E-state index in [0.717, 1.165) is 16.5 Å². The van der Waals surface area contributed by atoms with Crippen molar-refractivity contribution in [2.75, 3.05) is 0 Å². The summed E-state index contributed by atoms with van der Waals surface area (Å²) in [7, 11) is 0. The van der Waals surface area contributed by atoms with Crippen molar-refractivity contribution in [1.29, 1.82) is 0 Å². The average molecular weight is 384 g/mol. The Hall–Kier alpha value is -2.59. The predicted octanol–water partition coefficient (Wildman–Crippen LogP) is 5.30. The third-order valence-electron chi connectivity index (χ3n) is 4.62. The van der Waals surface area contributed by atoms with E-state index in [1.54, 1.807) is 18.2 Å². The van der Waals surface area contributed by atoms with Gasteiger partial charge in [-0.3, -0.25) is 9.59 Å². The molecule has 0 aliphatic heterocycles. The summed E-state index contributed by atoms with van der Waals surface area (Å²) < 4.78 is 1.86. The second-order valence-electron chi connectivity index (χ2n) is 7.76. The van der Waals surface area contributed by atoms with Gasteiger partial charge < -0.3 is 9.67 Å². The maximum absolute atomic E-state index is 12.5. The van der Waals surface area contributed by atoms with E-state index in [4.69, 9.17) is 16.7 Å². The van der Waals surface area contributed by atoms with Crippen molar-refractivity contribution in [2.45, 2.75) is 39.2 Å². The van der Waals surface area contributed by atoms with Crippen molar-refractivity contribution >= 4 is 34.3 Å². The predicted molar refractivity (Wildman–Crippen MR) is 108 cm³/mol. The van der Waals surface area contributed by atoms with Gasteiger partial charge in [0.2, 0.25) is 0 Å². The summed E-state index contributed by atoms with van der Waals surface area (Å²) in [6.07, 6.45) is -0.535. The minimum absolute atomic E-state index is 0.0675. The lowest BCUT2D eigenvalue weighted by Crippen LogP contribution is -2.14. The number of carbonyl (C=O) groups is 2. The lowest BCUT2D eigenvalue weighted by Gasteiger charge is -2.19. The van der Waals surface area contributed by atoms with E-state index in [9.17, 15) is 9.59 Å². The molecule has 140 valence electrons. The van der Waals surface area contributed by atoms with E-state index < -0.39 is 18.2 Å². The molecule has 0 atom stereocenters. The van der Waals surface area contributed by atoms with Crippen LogP contribution in [0.25, 0.3) is 10.9 Å². The number of carboxylic acid groups (broad SMARTS) is 1. The molecule has 1 heterocycles. The summed E-state index contributed by atoms with van der Waals surface area (Å²) in [6, 6.07) is 15.4. The van der Waals surface area contributed by atoms with Crippen molar-refractivity contribution in [2.24, 2.45) is 0 Å². The molecule has 4 nitrogen and oxygen atoms in total. The molecule has 0 aliphatic rings. The number of ketones is 1.